The smallest absolute Gasteiger partial charge is 0.307 e. The van der Waals surface area contributed by atoms with Crippen molar-refractivity contribution in [2.45, 2.75) is 19.3 Å². The average molecular weight is 265 g/mol. The predicted octanol–water partition coefficient (Wildman–Crippen LogP) is 2.22. The van der Waals surface area contributed by atoms with Crippen LogP contribution >= 0.6 is 0 Å². The number of aliphatic hydroxyl groups excluding tert-OH is 1. The number of nitrogens with zero attached hydrogens (tertiary/aromatic N) is 2. The Morgan fingerprint density at radius 3 is 2.11 bits per heavy atom. The number of methoxy groups -OCH3 is 1. The van der Waals surface area contributed by atoms with Gasteiger partial charge in [-0.2, -0.15) is 0 Å². The summed E-state index contributed by atoms with van der Waals surface area (Å²) in [4.78, 5) is 4.13. The Morgan fingerprint density at radius 2 is 1.68 bits per heavy atom. The standard InChI is InChI=1S/C12H15N2.C2H6O.CH4O/c1-12(2)9-7-5-6-8-10(9)14(4)11(12)13-3;1-3-2;1-2/h5-8H,3H2,1-2,4H3;1-2H3;2H,1H3/q+1;;. The normalized spacial score (nSPS) is 14.7. The molecule has 2 rings (SSSR count). The molecule has 0 unspecified atom stereocenters. The van der Waals surface area contributed by atoms with Gasteiger partial charge in [0, 0.05) is 26.9 Å². The first kappa shape index (κ1) is 17.5. The number of para-hydroxylation sites is 1. The molecule has 0 spiro atoms. The lowest BCUT2D eigenvalue weighted by atomic mass is 9.85. The van der Waals surface area contributed by atoms with Crippen LogP contribution in [0.25, 0.3) is 0 Å². The molecule has 0 saturated carbocycles. The molecule has 106 valence electrons. The van der Waals surface area contributed by atoms with Crippen molar-refractivity contribution in [2.75, 3.05) is 28.4 Å². The number of ether oxygens (including phenoxy) is 1. The predicted molar refractivity (Wildman–Crippen MR) is 80.9 cm³/mol. The summed E-state index contributed by atoms with van der Waals surface area (Å²) >= 11 is 0. The highest BCUT2D eigenvalue weighted by Gasteiger charge is 2.43. The molecule has 1 N–H and O–H groups in total. The number of amidine groups is 1. The third-order valence-electron chi connectivity index (χ3n) is 2.97. The van der Waals surface area contributed by atoms with Crippen LogP contribution in [0.15, 0.2) is 29.3 Å². The molecular weight excluding hydrogens is 240 g/mol. The summed E-state index contributed by atoms with van der Waals surface area (Å²) in [6, 6.07) is 8.40. The van der Waals surface area contributed by atoms with E-state index in [2.05, 4.69) is 59.1 Å². The molecule has 1 aromatic carbocycles. The molecule has 1 heterocycles. The first-order valence-electron chi connectivity index (χ1n) is 6.03. The Labute approximate surface area is 116 Å². The van der Waals surface area contributed by atoms with E-state index in [1.807, 2.05) is 7.05 Å². The lowest BCUT2D eigenvalue weighted by Crippen LogP contribution is -2.26. The van der Waals surface area contributed by atoms with E-state index in [9.17, 15) is 0 Å². The molecular formula is C15H25N2O2+. The highest BCUT2D eigenvalue weighted by Crippen LogP contribution is 2.38. The highest BCUT2D eigenvalue weighted by molar-refractivity contribution is 5.95. The maximum absolute atomic E-state index is 7.00. The summed E-state index contributed by atoms with van der Waals surface area (Å²) in [5.74, 6) is 1.03. The van der Waals surface area contributed by atoms with Gasteiger partial charge in [-0.25, -0.2) is 4.58 Å². The van der Waals surface area contributed by atoms with Crippen molar-refractivity contribution in [3.63, 3.8) is 0 Å². The quantitative estimate of drug-likeness (QED) is 0.577. The molecule has 0 fully saturated rings. The molecule has 0 aromatic heterocycles. The van der Waals surface area contributed by atoms with Crippen molar-refractivity contribution in [1.82, 2.24) is 0 Å². The first-order valence-corrected chi connectivity index (χ1v) is 6.03. The topological polar surface area (TPSA) is 44.8 Å². The minimum absolute atomic E-state index is 0.0207. The summed E-state index contributed by atoms with van der Waals surface area (Å²) in [6.45, 7) is 8.00. The van der Waals surface area contributed by atoms with Crippen LogP contribution in [0.4, 0.5) is 5.69 Å². The number of hydrogen-bond donors (Lipinski definition) is 1. The Kier molecular flexibility index (Phi) is 7.19. The molecule has 4 heteroatoms. The van der Waals surface area contributed by atoms with E-state index in [0.717, 1.165) is 12.9 Å². The van der Waals surface area contributed by atoms with Crippen LogP contribution in [-0.2, 0) is 10.2 Å². The van der Waals surface area contributed by atoms with Crippen molar-refractivity contribution in [2.24, 2.45) is 4.99 Å². The van der Waals surface area contributed by atoms with E-state index in [-0.39, 0.29) is 5.41 Å². The zero-order chi connectivity index (χ0) is 15.1. The van der Waals surface area contributed by atoms with E-state index in [1.165, 1.54) is 11.3 Å². The van der Waals surface area contributed by atoms with Crippen LogP contribution in [0.2, 0.25) is 0 Å². The minimum atomic E-state index is -0.0207. The van der Waals surface area contributed by atoms with Crippen LogP contribution < -0.4 is 0 Å². The summed E-state index contributed by atoms with van der Waals surface area (Å²) < 4.78 is 6.36. The number of fused-ring (bicyclic) bond motifs is 1. The third kappa shape index (κ3) is 3.49. The number of benzene rings is 1. The number of rotatable bonds is 0. The average Bonchev–Trinajstić information content (AvgIpc) is 2.61. The van der Waals surface area contributed by atoms with Crippen molar-refractivity contribution in [3.8, 4) is 0 Å². The monoisotopic (exact) mass is 265 g/mol. The van der Waals surface area contributed by atoms with Crippen molar-refractivity contribution >= 4 is 18.2 Å². The van der Waals surface area contributed by atoms with E-state index in [0.29, 0.717) is 0 Å². The van der Waals surface area contributed by atoms with Gasteiger partial charge in [0.25, 0.3) is 0 Å². The SMILES string of the molecule is C=NC1=[N+](C)c2ccccc2C1(C)C.CO.COC. The fraction of sp³-hybridized carbons (Fsp3) is 0.467. The summed E-state index contributed by atoms with van der Waals surface area (Å²) in [5, 5.41) is 7.00. The molecule has 0 radical (unpaired) electrons. The molecule has 1 aliphatic heterocycles. The first-order chi connectivity index (χ1) is 9.00. The van der Waals surface area contributed by atoms with Gasteiger partial charge in [-0.05, 0) is 19.9 Å². The van der Waals surface area contributed by atoms with Gasteiger partial charge in [-0.1, -0.05) is 23.2 Å². The van der Waals surface area contributed by atoms with Gasteiger partial charge in [-0.15, -0.1) is 0 Å². The fourth-order valence-electron chi connectivity index (χ4n) is 2.25. The molecule has 0 amide bonds. The fourth-order valence-corrected chi connectivity index (χ4v) is 2.25. The Hall–Kier alpha value is -1.52. The molecule has 4 nitrogen and oxygen atoms in total. The molecule has 0 bridgehead atoms. The van der Waals surface area contributed by atoms with Crippen LogP contribution in [0, 0.1) is 0 Å². The van der Waals surface area contributed by atoms with Crippen molar-refractivity contribution in [3.05, 3.63) is 29.8 Å². The van der Waals surface area contributed by atoms with Gasteiger partial charge in [0.15, 0.2) is 0 Å². The molecule has 0 aliphatic carbocycles. The second-order valence-electron chi connectivity index (χ2n) is 4.59. The van der Waals surface area contributed by atoms with Gasteiger partial charge >= 0.3 is 5.84 Å². The highest BCUT2D eigenvalue weighted by atomic mass is 16.4. The molecule has 1 aliphatic rings. The van der Waals surface area contributed by atoms with E-state index in [1.54, 1.807) is 14.2 Å². The van der Waals surface area contributed by atoms with Crippen molar-refractivity contribution in [1.29, 1.82) is 0 Å². The van der Waals surface area contributed by atoms with Gasteiger partial charge < -0.3 is 9.84 Å². The number of hydrogen-bond acceptors (Lipinski definition) is 3. The second kappa shape index (κ2) is 7.81. The van der Waals surface area contributed by atoms with Crippen LogP contribution in [-0.4, -0.2) is 50.6 Å². The lowest BCUT2D eigenvalue weighted by molar-refractivity contribution is -0.403. The van der Waals surface area contributed by atoms with Gasteiger partial charge in [0.05, 0.1) is 12.5 Å². The molecule has 0 atom stereocenters. The van der Waals surface area contributed by atoms with E-state index >= 15 is 0 Å². The van der Waals surface area contributed by atoms with Crippen LogP contribution in [0.1, 0.15) is 19.4 Å². The van der Waals surface area contributed by atoms with Gasteiger partial charge in [0.2, 0.25) is 0 Å². The lowest BCUT2D eigenvalue weighted by Gasteiger charge is -2.13. The van der Waals surface area contributed by atoms with Crippen LogP contribution in [0.3, 0.4) is 0 Å². The Bertz CT molecular complexity index is 451. The zero-order valence-corrected chi connectivity index (χ0v) is 12.8. The second-order valence-corrected chi connectivity index (χ2v) is 4.59. The summed E-state index contributed by atoms with van der Waals surface area (Å²) in [7, 11) is 6.29. The maximum atomic E-state index is 7.00. The van der Waals surface area contributed by atoms with Gasteiger partial charge in [0.1, 0.15) is 12.4 Å². The Morgan fingerprint density at radius 1 is 1.21 bits per heavy atom. The third-order valence-corrected chi connectivity index (χ3v) is 2.97. The van der Waals surface area contributed by atoms with Crippen molar-refractivity contribution < 1.29 is 14.4 Å². The molecule has 0 saturated heterocycles. The Balaban J connectivity index is 0.000000573. The number of aliphatic hydroxyl groups is 1. The van der Waals surface area contributed by atoms with E-state index in [4.69, 9.17) is 5.11 Å². The number of aliphatic imine (C=N–C) groups is 1. The summed E-state index contributed by atoms with van der Waals surface area (Å²) in [5.41, 5.74) is 2.54. The van der Waals surface area contributed by atoms with Crippen LogP contribution in [0.5, 0.6) is 0 Å². The molecule has 19 heavy (non-hydrogen) atoms. The summed E-state index contributed by atoms with van der Waals surface area (Å²) in [6.07, 6.45) is 0. The van der Waals surface area contributed by atoms with E-state index < -0.39 is 0 Å². The molecule has 1 aromatic rings. The zero-order valence-electron chi connectivity index (χ0n) is 12.8. The largest absolute Gasteiger partial charge is 0.400 e. The maximum Gasteiger partial charge on any atom is 0.307 e. The minimum Gasteiger partial charge on any atom is -0.400 e. The van der Waals surface area contributed by atoms with Gasteiger partial charge in [-0.3, -0.25) is 0 Å².